The van der Waals surface area contributed by atoms with E-state index in [1.807, 2.05) is 0 Å². The van der Waals surface area contributed by atoms with Gasteiger partial charge >= 0.3 is 6.18 Å². The Hall–Kier alpha value is -2.17. The Labute approximate surface area is 175 Å². The largest absolute Gasteiger partial charge is 0.419 e. The summed E-state index contributed by atoms with van der Waals surface area (Å²) < 4.78 is 80.4. The minimum absolute atomic E-state index is 0.0188. The number of aliphatic hydroxyl groups is 1. The summed E-state index contributed by atoms with van der Waals surface area (Å²) in [5.41, 5.74) is -1.10. The Morgan fingerprint density at radius 3 is 2.43 bits per heavy atom. The van der Waals surface area contributed by atoms with Gasteiger partial charge in [0.2, 0.25) is 10.0 Å². The number of thiophene rings is 1. The monoisotopic (exact) mass is 461 g/mol. The second kappa shape index (κ2) is 8.16. The van der Waals surface area contributed by atoms with Gasteiger partial charge in [0.15, 0.2) is 0 Å². The van der Waals surface area contributed by atoms with Crippen LogP contribution in [-0.2, 0) is 22.7 Å². The predicted octanol–water partition coefficient (Wildman–Crippen LogP) is 5.47. The molecule has 3 aromatic rings. The highest BCUT2D eigenvalue weighted by Crippen LogP contribution is 2.43. The Balaban J connectivity index is 2.18. The fourth-order valence-electron chi connectivity index (χ4n) is 3.15. The molecule has 3 rings (SSSR count). The zero-order valence-electron chi connectivity index (χ0n) is 16.1. The lowest BCUT2D eigenvalue weighted by Gasteiger charge is -2.25. The number of halogens is 4. The van der Waals surface area contributed by atoms with Crippen molar-refractivity contribution in [2.45, 2.75) is 32.7 Å². The van der Waals surface area contributed by atoms with Gasteiger partial charge in [0, 0.05) is 15.6 Å². The molecule has 0 amide bonds. The van der Waals surface area contributed by atoms with Crippen LogP contribution in [0.5, 0.6) is 0 Å². The molecule has 1 aromatic heterocycles. The first-order valence-electron chi connectivity index (χ1n) is 9.01. The average molecular weight is 462 g/mol. The molecule has 0 bridgehead atoms. The molecule has 0 aliphatic heterocycles. The van der Waals surface area contributed by atoms with Crippen molar-refractivity contribution in [1.29, 1.82) is 0 Å². The molecular weight excluding hydrogens is 442 g/mol. The molecule has 0 aliphatic rings. The van der Waals surface area contributed by atoms with Crippen molar-refractivity contribution < 1.29 is 31.1 Å². The standard InChI is InChI=1S/C20H19F4NO3S2/c1-3-30(27,28)25(11-13-8-9-16(21)15(10-13)20(22,23)24)19-18(12(2)26)14-6-4-5-7-17(14)29-19/h4-10,12,26H,3,11H2,1-2H3. The molecule has 0 saturated carbocycles. The normalized spacial score (nSPS) is 13.6. The van der Waals surface area contributed by atoms with E-state index in [-0.39, 0.29) is 16.3 Å². The highest BCUT2D eigenvalue weighted by Gasteiger charge is 2.35. The van der Waals surface area contributed by atoms with Gasteiger partial charge in [-0.3, -0.25) is 4.31 Å². The first-order valence-corrected chi connectivity index (χ1v) is 11.4. The van der Waals surface area contributed by atoms with E-state index in [0.29, 0.717) is 23.1 Å². The van der Waals surface area contributed by atoms with Crippen LogP contribution in [-0.4, -0.2) is 19.3 Å². The minimum atomic E-state index is -4.91. The molecule has 162 valence electrons. The summed E-state index contributed by atoms with van der Waals surface area (Å²) in [5, 5.41) is 11.2. The lowest BCUT2D eigenvalue weighted by Crippen LogP contribution is -2.32. The fourth-order valence-corrected chi connectivity index (χ4v) is 5.81. The van der Waals surface area contributed by atoms with Gasteiger partial charge in [0.1, 0.15) is 10.8 Å². The third kappa shape index (κ3) is 4.30. The molecule has 0 radical (unpaired) electrons. The van der Waals surface area contributed by atoms with E-state index in [1.54, 1.807) is 24.3 Å². The number of benzene rings is 2. The second-order valence-electron chi connectivity index (χ2n) is 6.71. The number of hydrogen-bond donors (Lipinski definition) is 1. The van der Waals surface area contributed by atoms with Crippen LogP contribution < -0.4 is 4.31 Å². The maximum absolute atomic E-state index is 13.7. The summed E-state index contributed by atoms with van der Waals surface area (Å²) in [6, 6.07) is 9.44. The van der Waals surface area contributed by atoms with E-state index >= 15 is 0 Å². The van der Waals surface area contributed by atoms with Gasteiger partial charge in [0.05, 0.1) is 24.0 Å². The maximum Gasteiger partial charge on any atom is 0.419 e. The van der Waals surface area contributed by atoms with Crippen LogP contribution in [0.4, 0.5) is 22.6 Å². The molecule has 1 unspecified atom stereocenters. The van der Waals surface area contributed by atoms with Gasteiger partial charge < -0.3 is 5.11 Å². The van der Waals surface area contributed by atoms with Gasteiger partial charge in [-0.05, 0) is 37.6 Å². The summed E-state index contributed by atoms with van der Waals surface area (Å²) in [4.78, 5) is 0. The zero-order valence-corrected chi connectivity index (χ0v) is 17.7. The third-order valence-electron chi connectivity index (χ3n) is 4.62. The third-order valence-corrected chi connectivity index (χ3v) is 7.66. The summed E-state index contributed by atoms with van der Waals surface area (Å²) >= 11 is 1.13. The molecule has 1 N–H and O–H groups in total. The van der Waals surface area contributed by atoms with Crippen LogP contribution in [0.3, 0.4) is 0 Å². The van der Waals surface area contributed by atoms with Crippen LogP contribution in [0.1, 0.15) is 36.6 Å². The highest BCUT2D eigenvalue weighted by atomic mass is 32.2. The molecule has 1 atom stereocenters. The van der Waals surface area contributed by atoms with E-state index in [9.17, 15) is 31.1 Å². The van der Waals surface area contributed by atoms with Crippen molar-refractivity contribution in [1.82, 2.24) is 0 Å². The van der Waals surface area contributed by atoms with Gasteiger partial charge in [-0.15, -0.1) is 11.3 Å². The van der Waals surface area contributed by atoms with Crippen LogP contribution in [0.25, 0.3) is 10.1 Å². The van der Waals surface area contributed by atoms with Gasteiger partial charge in [-0.1, -0.05) is 24.3 Å². The molecular formula is C20H19F4NO3S2. The quantitative estimate of drug-likeness (QED) is 0.496. The molecule has 0 aliphatic carbocycles. The van der Waals surface area contributed by atoms with Crippen molar-refractivity contribution in [3.05, 3.63) is 65.0 Å². The Bertz CT molecular complexity index is 1170. The molecule has 4 nitrogen and oxygen atoms in total. The second-order valence-corrected chi connectivity index (χ2v) is 9.92. The Kier molecular flexibility index (Phi) is 6.13. The van der Waals surface area contributed by atoms with Crippen LogP contribution in [0.15, 0.2) is 42.5 Å². The summed E-state index contributed by atoms with van der Waals surface area (Å²) in [5.74, 6) is -1.73. The van der Waals surface area contributed by atoms with Gasteiger partial charge in [-0.25, -0.2) is 12.8 Å². The van der Waals surface area contributed by atoms with Crippen LogP contribution >= 0.6 is 11.3 Å². The van der Waals surface area contributed by atoms with Crippen molar-refractivity contribution >= 4 is 36.4 Å². The molecule has 30 heavy (non-hydrogen) atoms. The van der Waals surface area contributed by atoms with E-state index in [0.717, 1.165) is 26.4 Å². The van der Waals surface area contributed by atoms with Crippen molar-refractivity contribution in [2.24, 2.45) is 0 Å². The summed E-state index contributed by atoms with van der Waals surface area (Å²) in [6.45, 7) is 2.49. The van der Waals surface area contributed by atoms with E-state index in [4.69, 9.17) is 0 Å². The molecule has 1 heterocycles. The van der Waals surface area contributed by atoms with Gasteiger partial charge in [0.25, 0.3) is 0 Å². The SMILES string of the molecule is CCS(=O)(=O)N(Cc1ccc(F)c(C(F)(F)F)c1)c1sc2ccccc2c1C(C)O. The summed E-state index contributed by atoms with van der Waals surface area (Å²) in [7, 11) is -3.92. The zero-order chi connectivity index (χ0) is 22.3. The highest BCUT2D eigenvalue weighted by molar-refractivity contribution is 7.92. The maximum atomic E-state index is 13.7. The van der Waals surface area contributed by atoms with Crippen LogP contribution in [0, 0.1) is 5.82 Å². The average Bonchev–Trinajstić information content (AvgIpc) is 3.05. The number of nitrogens with zero attached hydrogens (tertiary/aromatic N) is 1. The molecule has 0 spiro atoms. The lowest BCUT2D eigenvalue weighted by atomic mass is 10.1. The molecule has 0 saturated heterocycles. The molecule has 10 heteroatoms. The smallest absolute Gasteiger partial charge is 0.389 e. The van der Waals surface area contributed by atoms with Crippen molar-refractivity contribution in [3.8, 4) is 0 Å². The fraction of sp³-hybridized carbons (Fsp3) is 0.300. The minimum Gasteiger partial charge on any atom is -0.389 e. The Morgan fingerprint density at radius 2 is 1.83 bits per heavy atom. The number of aliphatic hydroxyl groups excluding tert-OH is 1. The number of fused-ring (bicyclic) bond motifs is 1. The van der Waals surface area contributed by atoms with E-state index < -0.39 is 40.2 Å². The number of alkyl halides is 3. The lowest BCUT2D eigenvalue weighted by molar-refractivity contribution is -0.140. The first-order chi connectivity index (χ1) is 14.0. The molecule has 0 fully saturated rings. The topological polar surface area (TPSA) is 57.6 Å². The Morgan fingerprint density at radius 1 is 1.17 bits per heavy atom. The first kappa shape index (κ1) is 22.5. The van der Waals surface area contributed by atoms with Crippen LogP contribution in [0.2, 0.25) is 0 Å². The number of hydrogen-bond acceptors (Lipinski definition) is 4. The van der Waals surface area contributed by atoms with E-state index in [1.165, 1.54) is 13.8 Å². The van der Waals surface area contributed by atoms with Crippen molar-refractivity contribution in [3.63, 3.8) is 0 Å². The number of anilines is 1. The molecule has 2 aromatic carbocycles. The number of rotatable bonds is 6. The van der Waals surface area contributed by atoms with Gasteiger partial charge in [-0.2, -0.15) is 13.2 Å². The summed E-state index contributed by atoms with van der Waals surface area (Å²) in [6.07, 6.45) is -5.92. The van der Waals surface area contributed by atoms with E-state index in [2.05, 4.69) is 0 Å². The number of sulfonamides is 1. The predicted molar refractivity (Wildman–Crippen MR) is 110 cm³/mol. The van der Waals surface area contributed by atoms with Crippen molar-refractivity contribution in [2.75, 3.05) is 10.1 Å².